The minimum absolute atomic E-state index is 0.177. The van der Waals surface area contributed by atoms with E-state index in [1.807, 2.05) is 6.92 Å². The first-order valence-electron chi connectivity index (χ1n) is 9.00. The van der Waals surface area contributed by atoms with Crippen molar-refractivity contribution in [1.29, 1.82) is 0 Å². The van der Waals surface area contributed by atoms with Gasteiger partial charge in [-0.3, -0.25) is 4.79 Å². The van der Waals surface area contributed by atoms with E-state index >= 15 is 0 Å². The van der Waals surface area contributed by atoms with Gasteiger partial charge < -0.3 is 20.7 Å². The van der Waals surface area contributed by atoms with Crippen LogP contribution in [-0.2, 0) is 0 Å². The molecule has 0 saturated heterocycles. The lowest BCUT2D eigenvalue weighted by Gasteiger charge is -2.21. The lowest BCUT2D eigenvalue weighted by Crippen LogP contribution is -2.27. The third-order valence-corrected chi connectivity index (χ3v) is 3.74. The largest absolute Gasteiger partial charge is 0.494 e. The van der Waals surface area contributed by atoms with E-state index in [0.29, 0.717) is 18.2 Å². The zero-order valence-corrected chi connectivity index (χ0v) is 15.7. The van der Waals surface area contributed by atoms with Crippen molar-refractivity contribution in [1.82, 2.24) is 9.97 Å². The van der Waals surface area contributed by atoms with Crippen molar-refractivity contribution < 1.29 is 9.53 Å². The summed E-state index contributed by atoms with van der Waals surface area (Å²) in [5, 5.41) is 2.80. The number of nitrogens with one attached hydrogen (secondary N) is 1. The number of hydrogen-bond donors (Lipinski definition) is 2. The first kappa shape index (κ1) is 19.5. The summed E-state index contributed by atoms with van der Waals surface area (Å²) in [6, 6.07) is 7.15. The Morgan fingerprint density at radius 2 is 1.81 bits per heavy atom. The molecule has 26 heavy (non-hydrogen) atoms. The average molecular weight is 357 g/mol. The van der Waals surface area contributed by atoms with E-state index in [1.54, 1.807) is 24.3 Å². The molecule has 0 bridgehead atoms. The van der Waals surface area contributed by atoms with Crippen LogP contribution in [0.4, 0.5) is 17.5 Å². The number of rotatable bonds is 9. The van der Waals surface area contributed by atoms with Crippen molar-refractivity contribution >= 4 is 23.4 Å². The number of aromatic nitrogens is 2. The summed E-state index contributed by atoms with van der Waals surface area (Å²) < 4.78 is 5.39. The van der Waals surface area contributed by atoms with Gasteiger partial charge in [0, 0.05) is 25.0 Å². The van der Waals surface area contributed by atoms with Crippen molar-refractivity contribution in [2.45, 2.75) is 33.6 Å². The molecule has 0 fully saturated rings. The molecule has 1 amide bonds. The molecule has 7 heteroatoms. The van der Waals surface area contributed by atoms with Crippen molar-refractivity contribution in [3.63, 3.8) is 0 Å². The molecular weight excluding hydrogens is 330 g/mol. The summed E-state index contributed by atoms with van der Waals surface area (Å²) in [5.41, 5.74) is 6.92. The smallest absolute Gasteiger partial charge is 0.260 e. The number of anilines is 3. The summed E-state index contributed by atoms with van der Waals surface area (Å²) >= 11 is 0. The minimum atomic E-state index is -0.337. The van der Waals surface area contributed by atoms with Gasteiger partial charge in [-0.1, -0.05) is 13.8 Å². The van der Waals surface area contributed by atoms with Crippen LogP contribution in [0.3, 0.4) is 0 Å². The Balaban J connectivity index is 2.11. The summed E-state index contributed by atoms with van der Waals surface area (Å²) in [5.74, 6) is 1.15. The number of nitrogen functional groups attached to an aromatic ring is 1. The van der Waals surface area contributed by atoms with E-state index in [4.69, 9.17) is 10.5 Å². The van der Waals surface area contributed by atoms with Gasteiger partial charge in [-0.25, -0.2) is 4.98 Å². The van der Waals surface area contributed by atoms with E-state index in [9.17, 15) is 4.79 Å². The second-order valence-electron chi connectivity index (χ2n) is 5.87. The van der Waals surface area contributed by atoms with E-state index in [2.05, 4.69) is 34.0 Å². The van der Waals surface area contributed by atoms with Crippen LogP contribution in [0, 0.1) is 0 Å². The summed E-state index contributed by atoms with van der Waals surface area (Å²) in [7, 11) is 0. The molecule has 2 aromatic rings. The highest BCUT2D eigenvalue weighted by Crippen LogP contribution is 2.19. The molecule has 1 aromatic carbocycles. The Kier molecular flexibility index (Phi) is 7.20. The molecule has 1 heterocycles. The van der Waals surface area contributed by atoms with Crippen molar-refractivity contribution in [2.75, 3.05) is 35.6 Å². The van der Waals surface area contributed by atoms with Crippen molar-refractivity contribution in [3.8, 4) is 5.75 Å². The molecule has 0 atom stereocenters. The summed E-state index contributed by atoms with van der Waals surface area (Å²) in [6.45, 7) is 8.43. The first-order chi connectivity index (χ1) is 12.6. The Bertz CT molecular complexity index is 712. The standard InChI is InChI=1S/C19H27N5O2/c1-4-11-24(12-5-2)19-21-13-16(17(20)23-19)18(25)22-14-7-9-15(10-8-14)26-6-3/h7-10,13H,4-6,11-12H2,1-3H3,(H,22,25)(H2,20,21,23). The normalized spacial score (nSPS) is 10.4. The van der Waals surface area contributed by atoms with Gasteiger partial charge in [0.2, 0.25) is 5.95 Å². The molecule has 3 N–H and O–H groups in total. The van der Waals surface area contributed by atoms with Gasteiger partial charge in [-0.2, -0.15) is 4.98 Å². The Hall–Kier alpha value is -2.83. The predicted octanol–water partition coefficient (Wildman–Crippen LogP) is 3.34. The molecule has 0 radical (unpaired) electrons. The highest BCUT2D eigenvalue weighted by Gasteiger charge is 2.15. The topological polar surface area (TPSA) is 93.4 Å². The van der Waals surface area contributed by atoms with E-state index in [1.165, 1.54) is 6.20 Å². The number of amides is 1. The molecule has 0 spiro atoms. The quantitative estimate of drug-likeness (QED) is 0.715. The van der Waals surface area contributed by atoms with Crippen LogP contribution in [-0.4, -0.2) is 35.6 Å². The Morgan fingerprint density at radius 1 is 1.15 bits per heavy atom. The molecule has 0 aliphatic rings. The fourth-order valence-electron chi connectivity index (χ4n) is 2.56. The number of ether oxygens (including phenoxy) is 1. The van der Waals surface area contributed by atoms with Crippen molar-refractivity contribution in [2.24, 2.45) is 0 Å². The second kappa shape index (κ2) is 9.60. The van der Waals surface area contributed by atoms with Crippen LogP contribution in [0.5, 0.6) is 5.75 Å². The predicted molar refractivity (Wildman–Crippen MR) is 105 cm³/mol. The number of nitrogens with two attached hydrogens (primary N) is 1. The van der Waals surface area contributed by atoms with Crippen molar-refractivity contribution in [3.05, 3.63) is 36.0 Å². The van der Waals surface area contributed by atoms with Gasteiger partial charge in [0.05, 0.1) is 6.61 Å². The summed E-state index contributed by atoms with van der Waals surface area (Å²) in [4.78, 5) is 23.2. The van der Waals surface area contributed by atoms with Gasteiger partial charge in [0.15, 0.2) is 0 Å². The number of carbonyl (C=O) groups excluding carboxylic acids is 1. The van der Waals surface area contributed by atoms with Crippen LogP contribution in [0.2, 0.25) is 0 Å². The Morgan fingerprint density at radius 3 is 2.35 bits per heavy atom. The zero-order chi connectivity index (χ0) is 18.9. The number of benzene rings is 1. The van der Waals surface area contributed by atoms with Gasteiger partial charge in [-0.15, -0.1) is 0 Å². The maximum atomic E-state index is 12.5. The van der Waals surface area contributed by atoms with Crippen LogP contribution in [0.1, 0.15) is 44.0 Å². The number of carbonyl (C=O) groups is 1. The first-order valence-corrected chi connectivity index (χ1v) is 9.00. The second-order valence-corrected chi connectivity index (χ2v) is 5.87. The van der Waals surface area contributed by atoms with Crippen LogP contribution >= 0.6 is 0 Å². The fraction of sp³-hybridized carbons (Fsp3) is 0.421. The highest BCUT2D eigenvalue weighted by molar-refractivity contribution is 6.07. The minimum Gasteiger partial charge on any atom is -0.494 e. The molecule has 2 rings (SSSR count). The third-order valence-electron chi connectivity index (χ3n) is 3.74. The highest BCUT2D eigenvalue weighted by atomic mass is 16.5. The van der Waals surface area contributed by atoms with Gasteiger partial charge >= 0.3 is 0 Å². The van der Waals surface area contributed by atoms with Crippen LogP contribution in [0.25, 0.3) is 0 Å². The van der Waals surface area contributed by atoms with Gasteiger partial charge in [-0.05, 0) is 44.0 Å². The molecule has 0 unspecified atom stereocenters. The number of hydrogen-bond acceptors (Lipinski definition) is 6. The summed E-state index contributed by atoms with van der Waals surface area (Å²) in [6.07, 6.45) is 3.46. The molecule has 7 nitrogen and oxygen atoms in total. The zero-order valence-electron chi connectivity index (χ0n) is 15.7. The molecule has 1 aromatic heterocycles. The Labute approximate surface area is 154 Å². The van der Waals surface area contributed by atoms with E-state index < -0.39 is 0 Å². The molecule has 140 valence electrons. The third kappa shape index (κ3) is 5.08. The van der Waals surface area contributed by atoms with E-state index in [-0.39, 0.29) is 17.3 Å². The maximum absolute atomic E-state index is 12.5. The van der Waals surface area contributed by atoms with Crippen LogP contribution < -0.4 is 20.7 Å². The number of nitrogens with zero attached hydrogens (tertiary/aromatic N) is 3. The lowest BCUT2D eigenvalue weighted by molar-refractivity contribution is 0.102. The molecule has 0 saturated carbocycles. The average Bonchev–Trinajstić information content (AvgIpc) is 2.63. The van der Waals surface area contributed by atoms with Crippen LogP contribution in [0.15, 0.2) is 30.5 Å². The molecule has 0 aliphatic heterocycles. The molecule has 0 aliphatic carbocycles. The SMILES string of the molecule is CCCN(CCC)c1ncc(C(=O)Nc2ccc(OCC)cc2)c(N)n1. The van der Waals surface area contributed by atoms with E-state index in [0.717, 1.165) is 31.7 Å². The van der Waals surface area contributed by atoms with Gasteiger partial charge in [0.25, 0.3) is 5.91 Å². The fourth-order valence-corrected chi connectivity index (χ4v) is 2.56. The monoisotopic (exact) mass is 357 g/mol. The molecular formula is C19H27N5O2. The maximum Gasteiger partial charge on any atom is 0.260 e. The van der Waals surface area contributed by atoms with Gasteiger partial charge in [0.1, 0.15) is 17.1 Å². The lowest BCUT2D eigenvalue weighted by atomic mass is 10.2.